The fraction of sp³-hybridized carbons (Fsp3) is 0.250. The maximum Gasteiger partial charge on any atom is 0.266 e. The van der Waals surface area contributed by atoms with E-state index >= 15 is 0 Å². The second-order valence-corrected chi connectivity index (χ2v) is 8.36. The van der Waals surface area contributed by atoms with Crippen LogP contribution in [-0.2, 0) is 4.79 Å². The highest BCUT2D eigenvalue weighted by Gasteiger charge is 2.32. The molecule has 1 aliphatic heterocycles. The molecule has 0 saturated carbocycles. The van der Waals surface area contributed by atoms with Gasteiger partial charge in [0.1, 0.15) is 12.4 Å². The van der Waals surface area contributed by atoms with Crippen LogP contribution in [0.15, 0.2) is 50.8 Å². The van der Waals surface area contributed by atoms with Gasteiger partial charge in [0.25, 0.3) is 5.91 Å². The Kier molecular flexibility index (Phi) is 8.26. The van der Waals surface area contributed by atoms with Crippen LogP contribution < -0.4 is 14.2 Å². The monoisotopic (exact) mass is 514 g/mol. The molecule has 3 rings (SSSR count). The van der Waals surface area contributed by atoms with Crippen molar-refractivity contribution in [2.75, 3.05) is 26.9 Å². The van der Waals surface area contributed by atoms with E-state index in [4.69, 9.17) is 20.6 Å². The summed E-state index contributed by atoms with van der Waals surface area (Å²) in [7, 11) is 1.62. The second-order valence-electron chi connectivity index (χ2n) is 6.50. The lowest BCUT2D eigenvalue weighted by Gasteiger charge is -2.13. The summed E-state index contributed by atoms with van der Waals surface area (Å²) in [5, 5.41) is 0.629. The predicted octanol–water partition coefficient (Wildman–Crippen LogP) is 5.49. The number of nitrogens with zero attached hydrogens (tertiary/aromatic N) is 2. The maximum absolute atomic E-state index is 13.0. The molecule has 0 unspecified atom stereocenters. The Balaban J connectivity index is 1.94. The summed E-state index contributed by atoms with van der Waals surface area (Å²) in [6, 6.07) is 11.0. The van der Waals surface area contributed by atoms with Crippen LogP contribution in [0.3, 0.4) is 0 Å². The first-order chi connectivity index (χ1) is 15.5. The number of aliphatic imine (C=N–C) groups is 1. The first kappa shape index (κ1) is 23.8. The Bertz CT molecular complexity index is 1090. The molecule has 1 amide bonds. The van der Waals surface area contributed by atoms with Gasteiger partial charge >= 0.3 is 0 Å². The lowest BCUT2D eigenvalue weighted by molar-refractivity contribution is -0.122. The van der Waals surface area contributed by atoms with Gasteiger partial charge in [0.2, 0.25) is 0 Å². The van der Waals surface area contributed by atoms with Gasteiger partial charge in [0.15, 0.2) is 16.7 Å². The van der Waals surface area contributed by atoms with E-state index in [0.29, 0.717) is 34.7 Å². The summed E-state index contributed by atoms with van der Waals surface area (Å²) < 4.78 is 17.2. The van der Waals surface area contributed by atoms with Crippen molar-refractivity contribution in [3.05, 3.63) is 51.3 Å². The molecule has 0 atom stereocenters. The number of thioether (sulfide) groups is 1. The van der Waals surface area contributed by atoms with Crippen molar-refractivity contribution in [1.29, 1.82) is 0 Å². The van der Waals surface area contributed by atoms with Gasteiger partial charge < -0.3 is 14.2 Å². The van der Waals surface area contributed by atoms with Crippen molar-refractivity contribution in [3.63, 3.8) is 0 Å². The lowest BCUT2D eigenvalue weighted by atomic mass is 10.2. The van der Waals surface area contributed by atoms with Crippen molar-refractivity contribution in [3.8, 4) is 29.6 Å². The predicted molar refractivity (Wildman–Crippen MR) is 133 cm³/mol. The van der Waals surface area contributed by atoms with Crippen molar-refractivity contribution in [2.24, 2.45) is 4.99 Å². The van der Waals surface area contributed by atoms with Gasteiger partial charge in [-0.3, -0.25) is 9.69 Å². The second kappa shape index (κ2) is 11.1. The van der Waals surface area contributed by atoms with E-state index in [0.717, 1.165) is 21.5 Å². The van der Waals surface area contributed by atoms with Crippen molar-refractivity contribution < 1.29 is 19.0 Å². The normalized spacial score (nSPS) is 15.8. The molecule has 2 aromatic rings. The van der Waals surface area contributed by atoms with Crippen LogP contribution in [0.2, 0.25) is 0 Å². The number of ether oxygens (including phenoxy) is 3. The number of methoxy groups -OCH3 is 1. The maximum atomic E-state index is 13.0. The first-order valence-electron chi connectivity index (χ1n) is 9.97. The van der Waals surface area contributed by atoms with Crippen LogP contribution in [-0.4, -0.2) is 42.8 Å². The van der Waals surface area contributed by atoms with E-state index in [-0.39, 0.29) is 12.5 Å². The molecule has 32 heavy (non-hydrogen) atoms. The van der Waals surface area contributed by atoms with Gasteiger partial charge in [-0.15, -0.1) is 6.42 Å². The molecule has 0 aromatic heterocycles. The lowest BCUT2D eigenvalue weighted by Crippen LogP contribution is -2.28. The highest BCUT2D eigenvalue weighted by molar-refractivity contribution is 9.10. The molecule has 1 aliphatic rings. The topological polar surface area (TPSA) is 60.4 Å². The quantitative estimate of drug-likeness (QED) is 0.344. The minimum absolute atomic E-state index is 0.0951. The van der Waals surface area contributed by atoms with Crippen molar-refractivity contribution in [2.45, 2.75) is 13.8 Å². The van der Waals surface area contributed by atoms with Gasteiger partial charge in [-0.05, 0) is 73.6 Å². The average molecular weight is 515 g/mol. The first-order valence-corrected chi connectivity index (χ1v) is 11.6. The Morgan fingerprint density at radius 3 is 2.53 bits per heavy atom. The van der Waals surface area contributed by atoms with E-state index in [1.54, 1.807) is 18.1 Å². The van der Waals surface area contributed by atoms with Crippen LogP contribution in [0.1, 0.15) is 19.4 Å². The van der Waals surface area contributed by atoms with Crippen LogP contribution in [0.4, 0.5) is 5.69 Å². The van der Waals surface area contributed by atoms with Crippen LogP contribution in [0, 0.1) is 12.3 Å². The Labute approximate surface area is 200 Å². The zero-order valence-electron chi connectivity index (χ0n) is 18.1. The molecule has 0 radical (unpaired) electrons. The zero-order chi connectivity index (χ0) is 23.1. The highest BCUT2D eigenvalue weighted by atomic mass is 79.9. The Morgan fingerprint density at radius 1 is 1.19 bits per heavy atom. The van der Waals surface area contributed by atoms with E-state index in [1.807, 2.05) is 50.3 Å². The molecule has 1 fully saturated rings. The van der Waals surface area contributed by atoms with E-state index in [9.17, 15) is 4.79 Å². The molecule has 0 bridgehead atoms. The van der Waals surface area contributed by atoms with Crippen LogP contribution in [0.25, 0.3) is 6.08 Å². The molecule has 1 saturated heterocycles. The number of likely N-dealkylation sites (N-methyl/N-ethyl adjacent to an activating group) is 1. The van der Waals surface area contributed by atoms with Crippen LogP contribution in [0.5, 0.6) is 17.2 Å². The number of halogens is 1. The number of amides is 1. The summed E-state index contributed by atoms with van der Waals surface area (Å²) in [4.78, 5) is 19.9. The number of amidine groups is 1. The summed E-state index contributed by atoms with van der Waals surface area (Å²) in [5.41, 5.74) is 1.54. The summed E-state index contributed by atoms with van der Waals surface area (Å²) in [6.45, 7) is 4.94. The Hall–Kier alpha value is -2.89. The van der Waals surface area contributed by atoms with Crippen molar-refractivity contribution >= 4 is 50.5 Å². The number of rotatable bonds is 8. The number of terminal acetylenes is 1. The molecular formula is C24H23BrN2O4S. The third-order valence-electron chi connectivity index (χ3n) is 4.46. The molecule has 166 valence electrons. The van der Waals surface area contributed by atoms with E-state index in [1.165, 1.54) is 11.8 Å². The minimum Gasteiger partial charge on any atom is -0.497 e. The third kappa shape index (κ3) is 5.47. The molecular weight excluding hydrogens is 492 g/mol. The molecule has 0 spiro atoms. The van der Waals surface area contributed by atoms with Crippen molar-refractivity contribution in [1.82, 2.24) is 4.90 Å². The highest BCUT2D eigenvalue weighted by Crippen LogP contribution is 2.39. The molecule has 6 nitrogen and oxygen atoms in total. The van der Waals surface area contributed by atoms with Gasteiger partial charge in [0, 0.05) is 11.0 Å². The molecule has 0 aliphatic carbocycles. The largest absolute Gasteiger partial charge is 0.497 e. The number of hydrogen-bond donors (Lipinski definition) is 0. The number of benzene rings is 2. The Morgan fingerprint density at radius 2 is 1.91 bits per heavy atom. The van der Waals surface area contributed by atoms with E-state index in [2.05, 4.69) is 26.8 Å². The van der Waals surface area contributed by atoms with Gasteiger partial charge in [-0.1, -0.05) is 21.9 Å². The van der Waals surface area contributed by atoms with Gasteiger partial charge in [-0.25, -0.2) is 4.99 Å². The fourth-order valence-corrected chi connectivity index (χ4v) is 4.43. The summed E-state index contributed by atoms with van der Waals surface area (Å²) >= 11 is 4.89. The number of hydrogen-bond acceptors (Lipinski definition) is 6. The zero-order valence-corrected chi connectivity index (χ0v) is 20.5. The average Bonchev–Trinajstić information content (AvgIpc) is 3.09. The van der Waals surface area contributed by atoms with E-state index < -0.39 is 0 Å². The SMILES string of the molecule is C#CCOc1cc(Br)c(/C=C2/SC(=Nc3ccc(OC)cc3)N(CC)C2=O)cc1OCC. The van der Waals surface area contributed by atoms with Gasteiger partial charge in [0.05, 0.1) is 24.3 Å². The van der Waals surface area contributed by atoms with Crippen LogP contribution >= 0.6 is 27.7 Å². The number of carbonyl (C=O) groups excluding carboxylic acids is 1. The number of carbonyl (C=O) groups is 1. The minimum atomic E-state index is -0.0951. The molecule has 0 N–H and O–H groups in total. The third-order valence-corrected chi connectivity index (χ3v) is 6.16. The fourth-order valence-electron chi connectivity index (χ4n) is 2.94. The molecule has 2 aromatic carbocycles. The molecule has 1 heterocycles. The summed E-state index contributed by atoms with van der Waals surface area (Å²) in [5.74, 6) is 4.21. The standard InChI is InChI=1S/C24H23BrN2O4S/c1-5-12-31-21-15-19(25)16(13-20(21)30-7-3)14-22-23(28)27(6-2)24(32-22)26-17-8-10-18(29-4)11-9-17/h1,8-11,13-15H,6-7,12H2,2-4H3/b22-14+,26-24?. The smallest absolute Gasteiger partial charge is 0.266 e. The molecule has 8 heteroatoms. The van der Waals surface area contributed by atoms with Gasteiger partial charge in [-0.2, -0.15) is 0 Å². The summed E-state index contributed by atoms with van der Waals surface area (Å²) in [6.07, 6.45) is 7.13.